The van der Waals surface area contributed by atoms with Gasteiger partial charge in [0.2, 0.25) is 0 Å². The predicted octanol–water partition coefficient (Wildman–Crippen LogP) is 1.94. The quantitative estimate of drug-likeness (QED) is 0.770. The fourth-order valence-electron chi connectivity index (χ4n) is 1.21. The van der Waals surface area contributed by atoms with Crippen molar-refractivity contribution in [1.82, 2.24) is 0 Å². The fraction of sp³-hybridized carbons (Fsp3) is 0.333. The molecule has 15 heavy (non-hydrogen) atoms. The zero-order chi connectivity index (χ0) is 11.6. The molecule has 84 valence electrons. The average molecular weight is 251 g/mol. The summed E-state index contributed by atoms with van der Waals surface area (Å²) in [6.07, 6.45) is 0. The molecule has 0 aliphatic heterocycles. The zero-order valence-electron chi connectivity index (χ0n) is 8.57. The predicted molar refractivity (Wildman–Crippen MR) is 57.3 cm³/mol. The summed E-state index contributed by atoms with van der Waals surface area (Å²) in [6, 6.07) is 2.91. The molecular formula is C9H11ClO4S. The molecule has 1 rings (SSSR count). The first-order valence-corrected chi connectivity index (χ1v) is 6.38. The maximum Gasteiger partial charge on any atom is 0.264 e. The van der Waals surface area contributed by atoms with Gasteiger partial charge in [0.25, 0.3) is 9.05 Å². The van der Waals surface area contributed by atoms with Crippen molar-refractivity contribution in [3.63, 3.8) is 0 Å². The Hall–Kier alpha value is -0.940. The Morgan fingerprint density at radius 3 is 2.07 bits per heavy atom. The largest absolute Gasteiger partial charge is 0.496 e. The highest BCUT2D eigenvalue weighted by atomic mass is 35.7. The van der Waals surface area contributed by atoms with Crippen molar-refractivity contribution in [2.45, 2.75) is 11.8 Å². The lowest BCUT2D eigenvalue weighted by molar-refractivity contribution is 0.384. The number of methoxy groups -OCH3 is 2. The summed E-state index contributed by atoms with van der Waals surface area (Å²) < 4.78 is 32.4. The molecule has 4 nitrogen and oxygen atoms in total. The van der Waals surface area contributed by atoms with Gasteiger partial charge in [-0.15, -0.1) is 0 Å². The van der Waals surface area contributed by atoms with E-state index in [1.54, 1.807) is 6.92 Å². The van der Waals surface area contributed by atoms with Crippen molar-refractivity contribution in [2.75, 3.05) is 14.2 Å². The van der Waals surface area contributed by atoms with Crippen LogP contribution in [0.15, 0.2) is 17.0 Å². The van der Waals surface area contributed by atoms with Gasteiger partial charge in [0.1, 0.15) is 16.4 Å². The van der Waals surface area contributed by atoms with Crippen LogP contribution in [0, 0.1) is 6.92 Å². The van der Waals surface area contributed by atoms with Crippen LogP contribution in [-0.4, -0.2) is 22.6 Å². The van der Waals surface area contributed by atoms with Gasteiger partial charge in [-0.1, -0.05) is 0 Å². The number of hydrogen-bond acceptors (Lipinski definition) is 4. The molecule has 0 unspecified atom stereocenters. The highest BCUT2D eigenvalue weighted by Gasteiger charge is 2.18. The van der Waals surface area contributed by atoms with E-state index < -0.39 is 9.05 Å². The first-order valence-electron chi connectivity index (χ1n) is 4.07. The van der Waals surface area contributed by atoms with Crippen LogP contribution in [0.2, 0.25) is 0 Å². The Morgan fingerprint density at radius 2 is 1.67 bits per heavy atom. The van der Waals surface area contributed by atoms with E-state index in [-0.39, 0.29) is 10.6 Å². The Bertz CT molecular complexity index is 467. The molecule has 0 saturated carbocycles. The summed E-state index contributed by atoms with van der Waals surface area (Å²) in [5.74, 6) is 0.725. The molecule has 0 bridgehead atoms. The molecule has 0 radical (unpaired) electrons. The molecule has 1 aromatic carbocycles. The third kappa shape index (κ3) is 2.54. The maximum absolute atomic E-state index is 11.2. The Morgan fingerprint density at radius 1 is 1.13 bits per heavy atom. The molecule has 0 N–H and O–H groups in total. The molecule has 0 aliphatic rings. The van der Waals surface area contributed by atoms with Crippen molar-refractivity contribution in [1.29, 1.82) is 0 Å². The second-order valence-corrected chi connectivity index (χ2v) is 5.44. The topological polar surface area (TPSA) is 52.6 Å². The summed E-state index contributed by atoms with van der Waals surface area (Å²) >= 11 is 0. The van der Waals surface area contributed by atoms with Crippen LogP contribution in [0.1, 0.15) is 5.56 Å². The highest BCUT2D eigenvalue weighted by Crippen LogP contribution is 2.33. The van der Waals surface area contributed by atoms with Gasteiger partial charge in [0.05, 0.1) is 14.2 Å². The molecule has 0 aliphatic carbocycles. The van der Waals surface area contributed by atoms with Gasteiger partial charge in [-0.2, -0.15) is 0 Å². The summed E-state index contributed by atoms with van der Waals surface area (Å²) in [4.78, 5) is -0.0510. The van der Waals surface area contributed by atoms with Crippen LogP contribution < -0.4 is 9.47 Å². The van der Waals surface area contributed by atoms with Crippen LogP contribution in [0.3, 0.4) is 0 Å². The van der Waals surface area contributed by atoms with E-state index in [0.29, 0.717) is 11.3 Å². The summed E-state index contributed by atoms with van der Waals surface area (Å²) in [5, 5.41) is 0. The number of rotatable bonds is 3. The highest BCUT2D eigenvalue weighted by molar-refractivity contribution is 8.13. The first-order chi connectivity index (χ1) is 6.90. The lowest BCUT2D eigenvalue weighted by Crippen LogP contribution is -1.98. The summed E-state index contributed by atoms with van der Waals surface area (Å²) in [7, 11) is 4.33. The van der Waals surface area contributed by atoms with Crippen LogP contribution in [0.5, 0.6) is 11.5 Å². The summed E-state index contributed by atoms with van der Waals surface area (Å²) in [6.45, 7) is 1.73. The monoisotopic (exact) mass is 250 g/mol. The van der Waals surface area contributed by atoms with Gasteiger partial charge >= 0.3 is 0 Å². The van der Waals surface area contributed by atoms with E-state index >= 15 is 0 Å². The summed E-state index contributed by atoms with van der Waals surface area (Å²) in [5.41, 5.74) is 0.678. The number of aryl methyl sites for hydroxylation is 1. The molecule has 0 atom stereocenters. The second-order valence-electron chi connectivity index (χ2n) is 2.91. The lowest BCUT2D eigenvalue weighted by atomic mass is 10.2. The van der Waals surface area contributed by atoms with E-state index in [1.807, 2.05) is 0 Å². The third-order valence-electron chi connectivity index (χ3n) is 1.94. The van der Waals surface area contributed by atoms with E-state index in [1.165, 1.54) is 26.4 Å². The molecular weight excluding hydrogens is 240 g/mol. The van der Waals surface area contributed by atoms with E-state index in [4.69, 9.17) is 20.2 Å². The molecule has 1 aromatic rings. The normalized spacial score (nSPS) is 11.2. The average Bonchev–Trinajstić information content (AvgIpc) is 2.16. The van der Waals surface area contributed by atoms with Crippen LogP contribution >= 0.6 is 10.7 Å². The van der Waals surface area contributed by atoms with Crippen LogP contribution in [0.4, 0.5) is 0 Å². The number of halogens is 1. The molecule has 0 aromatic heterocycles. The van der Waals surface area contributed by atoms with E-state index in [2.05, 4.69) is 0 Å². The molecule has 0 heterocycles. The SMILES string of the molecule is COc1cc(OC)c(S(=O)(=O)Cl)cc1C. The minimum absolute atomic E-state index is 0.0510. The first kappa shape index (κ1) is 12.1. The second kappa shape index (κ2) is 4.28. The fourth-order valence-corrected chi connectivity index (χ4v) is 2.27. The Kier molecular flexibility index (Phi) is 3.46. The molecule has 0 fully saturated rings. The lowest BCUT2D eigenvalue weighted by Gasteiger charge is -2.10. The van der Waals surface area contributed by atoms with Crippen molar-refractivity contribution in [2.24, 2.45) is 0 Å². The number of ether oxygens (including phenoxy) is 2. The van der Waals surface area contributed by atoms with Crippen molar-refractivity contribution >= 4 is 19.7 Å². The molecule has 0 saturated heterocycles. The Labute approximate surface area is 93.2 Å². The van der Waals surface area contributed by atoms with Gasteiger partial charge < -0.3 is 9.47 Å². The van der Waals surface area contributed by atoms with Crippen LogP contribution in [0.25, 0.3) is 0 Å². The third-order valence-corrected chi connectivity index (χ3v) is 3.29. The van der Waals surface area contributed by atoms with E-state index in [9.17, 15) is 8.42 Å². The van der Waals surface area contributed by atoms with Gasteiger partial charge in [-0.3, -0.25) is 0 Å². The molecule has 0 amide bonds. The van der Waals surface area contributed by atoms with Crippen molar-refractivity contribution in [3.8, 4) is 11.5 Å². The number of hydrogen-bond donors (Lipinski definition) is 0. The zero-order valence-corrected chi connectivity index (χ0v) is 10.1. The molecule has 0 spiro atoms. The minimum Gasteiger partial charge on any atom is -0.496 e. The van der Waals surface area contributed by atoms with Crippen LogP contribution in [-0.2, 0) is 9.05 Å². The minimum atomic E-state index is -3.80. The van der Waals surface area contributed by atoms with E-state index in [0.717, 1.165) is 0 Å². The van der Waals surface area contributed by atoms with Gasteiger partial charge in [-0.25, -0.2) is 8.42 Å². The molecule has 6 heteroatoms. The van der Waals surface area contributed by atoms with Crippen molar-refractivity contribution < 1.29 is 17.9 Å². The van der Waals surface area contributed by atoms with Gasteiger partial charge in [-0.05, 0) is 18.6 Å². The number of benzene rings is 1. The van der Waals surface area contributed by atoms with Gasteiger partial charge in [0, 0.05) is 16.7 Å². The maximum atomic E-state index is 11.2. The van der Waals surface area contributed by atoms with Gasteiger partial charge in [0.15, 0.2) is 0 Å². The standard InChI is InChI=1S/C9H11ClO4S/c1-6-4-9(15(10,11)12)8(14-3)5-7(6)13-2/h4-5H,1-3H3. The van der Waals surface area contributed by atoms with Crippen molar-refractivity contribution in [3.05, 3.63) is 17.7 Å². The Balaban J connectivity index is 3.48. The smallest absolute Gasteiger partial charge is 0.264 e.